The van der Waals surface area contributed by atoms with Crippen LogP contribution < -0.4 is 5.32 Å². The van der Waals surface area contributed by atoms with E-state index in [0.717, 1.165) is 31.0 Å². The third kappa shape index (κ3) is 2.60. The lowest BCUT2D eigenvalue weighted by Crippen LogP contribution is -2.16. The van der Waals surface area contributed by atoms with E-state index in [-0.39, 0.29) is 12.4 Å². The summed E-state index contributed by atoms with van der Waals surface area (Å²) in [6.07, 6.45) is 2.24. The second-order valence-corrected chi connectivity index (χ2v) is 3.60. The van der Waals surface area contributed by atoms with Crippen LogP contribution in [0.4, 0.5) is 0 Å². The quantitative estimate of drug-likeness (QED) is 0.705. The number of hydrogen-bond acceptors (Lipinski definition) is 1. The third-order valence-corrected chi connectivity index (χ3v) is 2.55. The highest BCUT2D eigenvalue weighted by molar-refractivity contribution is 6.30. The monoisotopic (exact) mass is 217 g/mol. The predicted octanol–water partition coefficient (Wildman–Crippen LogP) is 2.45. The number of fused-ring (bicyclic) bond motifs is 1. The van der Waals surface area contributed by atoms with Crippen LogP contribution in [0.15, 0.2) is 18.2 Å². The smallest absolute Gasteiger partial charge is 0.0408 e. The largest absolute Gasteiger partial charge is 0.316 e. The Hall–Kier alpha value is -0.240. The molecule has 0 radical (unpaired) electrons. The zero-order chi connectivity index (χ0) is 8.39. The van der Waals surface area contributed by atoms with Crippen LogP contribution >= 0.6 is 24.0 Å². The van der Waals surface area contributed by atoms with Crippen molar-refractivity contribution < 1.29 is 0 Å². The van der Waals surface area contributed by atoms with Crippen molar-refractivity contribution in [3.05, 3.63) is 34.3 Å². The normalized spacial score (nSPS) is 15.5. The Bertz CT molecular complexity index is 286. The summed E-state index contributed by atoms with van der Waals surface area (Å²) < 4.78 is 0. The van der Waals surface area contributed by atoms with Gasteiger partial charge in [-0.1, -0.05) is 17.7 Å². The number of halogens is 2. The molecule has 0 aliphatic carbocycles. The molecular weight excluding hydrogens is 205 g/mol. The molecule has 13 heavy (non-hydrogen) atoms. The van der Waals surface area contributed by atoms with Crippen LogP contribution in [0, 0.1) is 0 Å². The van der Waals surface area contributed by atoms with Gasteiger partial charge < -0.3 is 5.32 Å². The molecule has 72 valence electrons. The Morgan fingerprint density at radius 2 is 1.77 bits per heavy atom. The molecule has 1 N–H and O–H groups in total. The van der Waals surface area contributed by atoms with Crippen molar-refractivity contribution in [3.8, 4) is 0 Å². The summed E-state index contributed by atoms with van der Waals surface area (Å²) in [5, 5.41) is 4.23. The molecule has 0 saturated heterocycles. The van der Waals surface area contributed by atoms with Gasteiger partial charge in [-0.2, -0.15) is 0 Å². The van der Waals surface area contributed by atoms with Gasteiger partial charge in [0.05, 0.1) is 0 Å². The van der Waals surface area contributed by atoms with Crippen LogP contribution in [0.2, 0.25) is 5.02 Å². The zero-order valence-electron chi connectivity index (χ0n) is 7.35. The average Bonchev–Trinajstić information content (AvgIpc) is 2.28. The minimum atomic E-state index is 0. The molecule has 1 aliphatic heterocycles. The average molecular weight is 218 g/mol. The van der Waals surface area contributed by atoms with Crippen molar-refractivity contribution in [2.45, 2.75) is 12.8 Å². The van der Waals surface area contributed by atoms with Crippen molar-refractivity contribution in [1.29, 1.82) is 0 Å². The Morgan fingerprint density at radius 3 is 2.54 bits per heavy atom. The molecule has 0 amide bonds. The number of nitrogens with one attached hydrogen (secondary N) is 1. The van der Waals surface area contributed by atoms with E-state index >= 15 is 0 Å². The minimum Gasteiger partial charge on any atom is -0.316 e. The molecule has 0 bridgehead atoms. The van der Waals surface area contributed by atoms with E-state index in [2.05, 4.69) is 17.4 Å². The second kappa shape index (κ2) is 4.85. The highest BCUT2D eigenvalue weighted by atomic mass is 35.5. The van der Waals surface area contributed by atoms with Gasteiger partial charge in [-0.25, -0.2) is 0 Å². The number of hydrogen-bond donors (Lipinski definition) is 1. The van der Waals surface area contributed by atoms with Crippen LogP contribution in [-0.4, -0.2) is 13.1 Å². The van der Waals surface area contributed by atoms with E-state index in [1.54, 1.807) is 0 Å². The summed E-state index contributed by atoms with van der Waals surface area (Å²) in [5.41, 5.74) is 2.86. The number of benzene rings is 1. The van der Waals surface area contributed by atoms with Gasteiger partial charge in [-0.15, -0.1) is 12.4 Å². The van der Waals surface area contributed by atoms with E-state index in [1.807, 2.05) is 6.07 Å². The Balaban J connectivity index is 0.000000845. The fourth-order valence-corrected chi connectivity index (χ4v) is 1.84. The fraction of sp³-hybridized carbons (Fsp3) is 0.400. The van der Waals surface area contributed by atoms with Gasteiger partial charge in [0, 0.05) is 5.02 Å². The molecule has 0 fully saturated rings. The molecule has 0 aromatic heterocycles. The van der Waals surface area contributed by atoms with Gasteiger partial charge in [0.15, 0.2) is 0 Å². The molecule has 3 heteroatoms. The van der Waals surface area contributed by atoms with Crippen molar-refractivity contribution in [2.75, 3.05) is 13.1 Å². The second-order valence-electron chi connectivity index (χ2n) is 3.16. The molecule has 1 heterocycles. The molecule has 1 aliphatic rings. The summed E-state index contributed by atoms with van der Waals surface area (Å²) >= 11 is 5.91. The Labute approximate surface area is 89.9 Å². The van der Waals surface area contributed by atoms with Gasteiger partial charge in [0.25, 0.3) is 0 Å². The molecule has 0 unspecified atom stereocenters. The summed E-state index contributed by atoms with van der Waals surface area (Å²) in [5.74, 6) is 0. The molecular formula is C10H13Cl2N. The van der Waals surface area contributed by atoms with Crippen LogP contribution in [0.3, 0.4) is 0 Å². The summed E-state index contributed by atoms with van der Waals surface area (Å²) in [4.78, 5) is 0. The summed E-state index contributed by atoms with van der Waals surface area (Å²) in [6.45, 7) is 2.17. The third-order valence-electron chi connectivity index (χ3n) is 2.31. The Morgan fingerprint density at radius 1 is 1.08 bits per heavy atom. The summed E-state index contributed by atoms with van der Waals surface area (Å²) in [6, 6.07) is 6.21. The Kier molecular flexibility index (Phi) is 4.04. The first-order valence-electron chi connectivity index (χ1n) is 4.34. The maximum absolute atomic E-state index is 5.91. The standard InChI is InChI=1S/C10H12ClN.ClH/c11-10-2-1-8-3-5-12-6-4-9(8)7-10;/h1-2,7,12H,3-6H2;1H. The molecule has 2 rings (SSSR count). The molecule has 1 aromatic carbocycles. The van der Waals surface area contributed by atoms with E-state index in [0.29, 0.717) is 0 Å². The maximum Gasteiger partial charge on any atom is 0.0408 e. The van der Waals surface area contributed by atoms with E-state index in [1.165, 1.54) is 11.1 Å². The molecule has 0 atom stereocenters. The lowest BCUT2D eigenvalue weighted by molar-refractivity contribution is 0.711. The highest BCUT2D eigenvalue weighted by Gasteiger charge is 2.06. The van der Waals surface area contributed by atoms with Crippen LogP contribution in [0.1, 0.15) is 11.1 Å². The van der Waals surface area contributed by atoms with Crippen molar-refractivity contribution in [2.24, 2.45) is 0 Å². The number of rotatable bonds is 0. The van der Waals surface area contributed by atoms with Crippen molar-refractivity contribution in [3.63, 3.8) is 0 Å². The first-order chi connectivity index (χ1) is 5.86. The zero-order valence-corrected chi connectivity index (χ0v) is 8.92. The van der Waals surface area contributed by atoms with E-state index in [9.17, 15) is 0 Å². The van der Waals surface area contributed by atoms with Crippen LogP contribution in [0.5, 0.6) is 0 Å². The first kappa shape index (κ1) is 10.8. The highest BCUT2D eigenvalue weighted by Crippen LogP contribution is 2.18. The van der Waals surface area contributed by atoms with E-state index in [4.69, 9.17) is 11.6 Å². The lowest BCUT2D eigenvalue weighted by atomic mass is 10.0. The van der Waals surface area contributed by atoms with Crippen molar-refractivity contribution >= 4 is 24.0 Å². The lowest BCUT2D eigenvalue weighted by Gasteiger charge is -2.03. The predicted molar refractivity (Wildman–Crippen MR) is 59.0 cm³/mol. The van der Waals surface area contributed by atoms with Crippen LogP contribution in [-0.2, 0) is 12.8 Å². The fourth-order valence-electron chi connectivity index (χ4n) is 1.64. The van der Waals surface area contributed by atoms with Gasteiger partial charge in [0.2, 0.25) is 0 Å². The molecule has 0 saturated carbocycles. The first-order valence-corrected chi connectivity index (χ1v) is 4.72. The van der Waals surface area contributed by atoms with Gasteiger partial charge in [-0.05, 0) is 49.2 Å². The van der Waals surface area contributed by atoms with Gasteiger partial charge in [0.1, 0.15) is 0 Å². The maximum atomic E-state index is 5.91. The van der Waals surface area contributed by atoms with Gasteiger partial charge >= 0.3 is 0 Å². The summed E-state index contributed by atoms with van der Waals surface area (Å²) in [7, 11) is 0. The molecule has 1 aromatic rings. The van der Waals surface area contributed by atoms with E-state index < -0.39 is 0 Å². The topological polar surface area (TPSA) is 12.0 Å². The SMILES string of the molecule is Cl.Clc1ccc2c(c1)CCNCC2. The van der Waals surface area contributed by atoms with Crippen molar-refractivity contribution in [1.82, 2.24) is 5.32 Å². The van der Waals surface area contributed by atoms with Crippen LogP contribution in [0.25, 0.3) is 0 Å². The minimum absolute atomic E-state index is 0. The molecule has 0 spiro atoms. The van der Waals surface area contributed by atoms with Gasteiger partial charge in [-0.3, -0.25) is 0 Å². The molecule has 1 nitrogen and oxygen atoms in total.